The zero-order valence-corrected chi connectivity index (χ0v) is 11.2. The lowest BCUT2D eigenvalue weighted by Gasteiger charge is -2.32. The van der Waals surface area contributed by atoms with Crippen LogP contribution in [0.1, 0.15) is 31.9 Å². The molecule has 1 aromatic rings. The van der Waals surface area contributed by atoms with E-state index in [1.54, 1.807) is 37.3 Å². The molecule has 0 amide bonds. The van der Waals surface area contributed by atoms with Gasteiger partial charge in [-0.2, -0.15) is 13.2 Å². The summed E-state index contributed by atoms with van der Waals surface area (Å²) in [5, 5.41) is 10.2. The third-order valence-corrected chi connectivity index (χ3v) is 3.07. The Hall–Kier alpha value is -1.07. The normalized spacial score (nSPS) is 15.5. The number of aliphatic hydroxyl groups excluding tert-OH is 1. The standard InChI is InChI=1S/C14H20F3NO/c1-3-9-18(10-14(15,16)17)11(2)13(19)12-7-5-4-6-8-12/h4-8,11,13,19H,3,9-10H2,1-2H3. The number of nitrogens with zero attached hydrogens (tertiary/aromatic N) is 1. The highest BCUT2D eigenvalue weighted by atomic mass is 19.4. The zero-order chi connectivity index (χ0) is 14.5. The molecule has 2 atom stereocenters. The molecule has 19 heavy (non-hydrogen) atoms. The van der Waals surface area contributed by atoms with Crippen molar-refractivity contribution < 1.29 is 18.3 Å². The lowest BCUT2D eigenvalue weighted by molar-refractivity contribution is -0.154. The van der Waals surface area contributed by atoms with E-state index in [2.05, 4.69) is 0 Å². The van der Waals surface area contributed by atoms with Crippen molar-refractivity contribution in [1.29, 1.82) is 0 Å². The summed E-state index contributed by atoms with van der Waals surface area (Å²) in [4.78, 5) is 1.28. The molecule has 0 saturated heterocycles. The van der Waals surface area contributed by atoms with Gasteiger partial charge in [-0.05, 0) is 25.5 Å². The Morgan fingerprint density at radius 2 is 1.79 bits per heavy atom. The maximum atomic E-state index is 12.5. The van der Waals surface area contributed by atoms with E-state index in [1.165, 1.54) is 4.90 Å². The molecule has 1 aromatic carbocycles. The van der Waals surface area contributed by atoms with Crippen LogP contribution in [0.25, 0.3) is 0 Å². The van der Waals surface area contributed by atoms with Gasteiger partial charge in [0.25, 0.3) is 0 Å². The molecular weight excluding hydrogens is 255 g/mol. The molecule has 0 bridgehead atoms. The van der Waals surface area contributed by atoms with E-state index in [0.29, 0.717) is 18.5 Å². The average molecular weight is 275 g/mol. The highest BCUT2D eigenvalue weighted by Crippen LogP contribution is 2.24. The van der Waals surface area contributed by atoms with Crippen LogP contribution in [0.3, 0.4) is 0 Å². The molecular formula is C14H20F3NO. The Kier molecular flexibility index (Phi) is 5.82. The minimum atomic E-state index is -4.25. The van der Waals surface area contributed by atoms with Crippen molar-refractivity contribution in [2.24, 2.45) is 0 Å². The first-order valence-electron chi connectivity index (χ1n) is 6.39. The topological polar surface area (TPSA) is 23.5 Å². The number of hydrogen-bond acceptors (Lipinski definition) is 2. The molecule has 1 rings (SSSR count). The van der Waals surface area contributed by atoms with Crippen molar-refractivity contribution in [3.63, 3.8) is 0 Å². The monoisotopic (exact) mass is 275 g/mol. The van der Waals surface area contributed by atoms with Gasteiger partial charge in [0.15, 0.2) is 0 Å². The molecule has 0 aliphatic rings. The van der Waals surface area contributed by atoms with Crippen molar-refractivity contribution in [3.8, 4) is 0 Å². The fourth-order valence-electron chi connectivity index (χ4n) is 2.07. The van der Waals surface area contributed by atoms with Crippen molar-refractivity contribution in [3.05, 3.63) is 35.9 Å². The summed E-state index contributed by atoms with van der Waals surface area (Å²) in [6, 6.07) is 8.19. The molecule has 0 spiro atoms. The third-order valence-electron chi connectivity index (χ3n) is 3.07. The molecule has 2 nitrogen and oxygen atoms in total. The van der Waals surface area contributed by atoms with Gasteiger partial charge in [-0.1, -0.05) is 37.3 Å². The summed E-state index contributed by atoms with van der Waals surface area (Å²) < 4.78 is 37.6. The molecule has 0 aromatic heterocycles. The number of hydrogen-bond donors (Lipinski definition) is 1. The van der Waals surface area contributed by atoms with Crippen LogP contribution < -0.4 is 0 Å². The second kappa shape index (κ2) is 6.91. The minimum Gasteiger partial charge on any atom is -0.387 e. The van der Waals surface area contributed by atoms with Gasteiger partial charge in [0.2, 0.25) is 0 Å². The van der Waals surface area contributed by atoms with Crippen LogP contribution in [0.2, 0.25) is 0 Å². The van der Waals surface area contributed by atoms with Crippen LogP contribution in [0.5, 0.6) is 0 Å². The van der Waals surface area contributed by atoms with Gasteiger partial charge in [0.05, 0.1) is 12.6 Å². The quantitative estimate of drug-likeness (QED) is 0.860. The van der Waals surface area contributed by atoms with Gasteiger partial charge in [0.1, 0.15) is 0 Å². The molecule has 0 radical (unpaired) electrons. The molecule has 0 heterocycles. The van der Waals surface area contributed by atoms with Crippen molar-refractivity contribution in [2.45, 2.75) is 38.6 Å². The summed E-state index contributed by atoms with van der Waals surface area (Å²) in [6.45, 7) is 2.76. The van der Waals surface area contributed by atoms with Crippen LogP contribution >= 0.6 is 0 Å². The van der Waals surface area contributed by atoms with Crippen molar-refractivity contribution in [1.82, 2.24) is 4.90 Å². The number of halogens is 3. The second-order valence-corrected chi connectivity index (χ2v) is 4.68. The lowest BCUT2D eigenvalue weighted by Crippen LogP contribution is -2.43. The van der Waals surface area contributed by atoms with Crippen LogP contribution in [0.15, 0.2) is 30.3 Å². The molecule has 0 saturated carbocycles. The second-order valence-electron chi connectivity index (χ2n) is 4.68. The van der Waals surface area contributed by atoms with Crippen LogP contribution in [-0.2, 0) is 0 Å². The maximum absolute atomic E-state index is 12.5. The van der Waals surface area contributed by atoms with E-state index in [0.717, 1.165) is 0 Å². The summed E-state index contributed by atoms with van der Waals surface area (Å²) >= 11 is 0. The van der Waals surface area contributed by atoms with E-state index in [-0.39, 0.29) is 0 Å². The van der Waals surface area contributed by atoms with Gasteiger partial charge in [-0.3, -0.25) is 4.90 Å². The third kappa shape index (κ3) is 5.20. The van der Waals surface area contributed by atoms with E-state index in [9.17, 15) is 18.3 Å². The van der Waals surface area contributed by atoms with E-state index < -0.39 is 24.9 Å². The minimum absolute atomic E-state index is 0.310. The summed E-state index contributed by atoms with van der Waals surface area (Å²) in [5.41, 5.74) is 0.637. The first kappa shape index (κ1) is 16.0. The van der Waals surface area contributed by atoms with Gasteiger partial charge in [-0.25, -0.2) is 0 Å². The van der Waals surface area contributed by atoms with Crippen LogP contribution in [-0.4, -0.2) is 35.3 Å². The fraction of sp³-hybridized carbons (Fsp3) is 0.571. The van der Waals surface area contributed by atoms with Crippen LogP contribution in [0.4, 0.5) is 13.2 Å². The molecule has 0 aliphatic heterocycles. The summed E-state index contributed by atoms with van der Waals surface area (Å²) in [6.07, 6.45) is -4.56. The zero-order valence-electron chi connectivity index (χ0n) is 11.2. The Balaban J connectivity index is 2.78. The lowest BCUT2D eigenvalue weighted by atomic mass is 10.0. The van der Waals surface area contributed by atoms with E-state index in [1.807, 2.05) is 6.92 Å². The van der Waals surface area contributed by atoms with Crippen molar-refractivity contribution in [2.75, 3.05) is 13.1 Å². The summed E-state index contributed by atoms with van der Waals surface area (Å²) in [7, 11) is 0. The van der Waals surface area contributed by atoms with Gasteiger partial charge < -0.3 is 5.11 Å². The number of rotatable bonds is 6. The van der Waals surface area contributed by atoms with Gasteiger partial charge >= 0.3 is 6.18 Å². The summed E-state index contributed by atoms with van der Waals surface area (Å²) in [5.74, 6) is 0. The predicted octanol–water partition coefficient (Wildman–Crippen LogP) is 3.38. The Bertz CT molecular complexity index is 367. The molecule has 5 heteroatoms. The molecule has 1 N–H and O–H groups in total. The average Bonchev–Trinajstić information content (AvgIpc) is 2.36. The highest BCUT2D eigenvalue weighted by Gasteiger charge is 2.34. The maximum Gasteiger partial charge on any atom is 0.401 e. The van der Waals surface area contributed by atoms with Crippen LogP contribution in [0, 0.1) is 0 Å². The molecule has 0 fully saturated rings. The molecule has 0 aliphatic carbocycles. The van der Waals surface area contributed by atoms with Gasteiger partial charge in [-0.15, -0.1) is 0 Å². The largest absolute Gasteiger partial charge is 0.401 e. The van der Waals surface area contributed by atoms with E-state index >= 15 is 0 Å². The number of aliphatic hydroxyl groups is 1. The predicted molar refractivity (Wildman–Crippen MR) is 68.8 cm³/mol. The molecule has 2 unspecified atom stereocenters. The first-order valence-corrected chi connectivity index (χ1v) is 6.39. The molecule has 108 valence electrons. The van der Waals surface area contributed by atoms with Gasteiger partial charge in [0, 0.05) is 6.04 Å². The first-order chi connectivity index (χ1) is 8.85. The highest BCUT2D eigenvalue weighted by molar-refractivity contribution is 5.18. The van der Waals surface area contributed by atoms with Crippen molar-refractivity contribution >= 4 is 0 Å². The van der Waals surface area contributed by atoms with E-state index in [4.69, 9.17) is 0 Å². The number of alkyl halides is 3. The fourth-order valence-corrected chi connectivity index (χ4v) is 2.07. The SMILES string of the molecule is CCCN(CC(F)(F)F)C(C)C(O)c1ccccc1. The smallest absolute Gasteiger partial charge is 0.387 e. The Morgan fingerprint density at radius 1 is 1.21 bits per heavy atom. The Labute approximate surface area is 111 Å². The number of benzene rings is 1. The Morgan fingerprint density at radius 3 is 2.26 bits per heavy atom.